The number of carbonyl (C=O) groups excluding carboxylic acids is 1. The van der Waals surface area contributed by atoms with E-state index >= 15 is 0 Å². The van der Waals surface area contributed by atoms with Crippen LogP contribution in [0.4, 0.5) is 6.01 Å². The number of carbonyl (C=O) groups is 1. The molecule has 2 heterocycles. The fraction of sp³-hybridized carbons (Fsp3) is 0.609. The van der Waals surface area contributed by atoms with Crippen LogP contribution < -0.4 is 5.32 Å². The topological polar surface area (TPSA) is 71.3 Å². The molecule has 1 aliphatic heterocycles. The minimum atomic E-state index is -0.347. The van der Waals surface area contributed by atoms with Crippen molar-refractivity contribution in [2.75, 3.05) is 18.4 Å². The number of nitrogens with zero attached hydrogens (tertiary/aromatic N) is 3. The SMILES string of the molecule is C[C@H](Nc1nnc(C23CC(c4ccccc4)(C2)C3)o1)C(=O)N1CCC2(CC1)CC2. The van der Waals surface area contributed by atoms with Crippen LogP contribution in [0.15, 0.2) is 34.7 Å². The Balaban J connectivity index is 1.07. The van der Waals surface area contributed by atoms with Crippen molar-refractivity contribution in [2.45, 2.75) is 68.7 Å². The van der Waals surface area contributed by atoms with Gasteiger partial charge in [0, 0.05) is 13.1 Å². The number of rotatable bonds is 5. The highest BCUT2D eigenvalue weighted by molar-refractivity contribution is 5.83. The van der Waals surface area contributed by atoms with E-state index in [2.05, 4.69) is 45.8 Å². The summed E-state index contributed by atoms with van der Waals surface area (Å²) in [7, 11) is 0. The van der Waals surface area contributed by atoms with Crippen LogP contribution in [-0.2, 0) is 15.6 Å². The van der Waals surface area contributed by atoms with E-state index in [9.17, 15) is 4.79 Å². The molecule has 1 aromatic carbocycles. The maximum atomic E-state index is 12.8. The number of hydrogen-bond acceptors (Lipinski definition) is 5. The van der Waals surface area contributed by atoms with Crippen LogP contribution in [0.2, 0.25) is 0 Å². The largest absolute Gasteiger partial charge is 0.408 e. The first kappa shape index (κ1) is 17.5. The van der Waals surface area contributed by atoms with Crippen molar-refractivity contribution in [1.82, 2.24) is 15.1 Å². The van der Waals surface area contributed by atoms with E-state index in [0.29, 0.717) is 16.8 Å². The van der Waals surface area contributed by atoms with Gasteiger partial charge in [0.05, 0.1) is 5.41 Å². The summed E-state index contributed by atoms with van der Waals surface area (Å²) >= 11 is 0. The van der Waals surface area contributed by atoms with E-state index < -0.39 is 0 Å². The Kier molecular flexibility index (Phi) is 3.52. The zero-order valence-corrected chi connectivity index (χ0v) is 17.0. The van der Waals surface area contributed by atoms with Gasteiger partial charge in [-0.25, -0.2) is 0 Å². The molecule has 5 aliphatic rings. The van der Waals surface area contributed by atoms with Gasteiger partial charge in [0.25, 0.3) is 0 Å². The Morgan fingerprint density at radius 2 is 1.72 bits per heavy atom. The summed E-state index contributed by atoms with van der Waals surface area (Å²) in [6.07, 6.45) is 8.24. The van der Waals surface area contributed by atoms with Gasteiger partial charge in [-0.15, -0.1) is 5.10 Å². The van der Waals surface area contributed by atoms with Crippen LogP contribution >= 0.6 is 0 Å². The van der Waals surface area contributed by atoms with Gasteiger partial charge >= 0.3 is 6.01 Å². The molecule has 6 heteroatoms. The minimum Gasteiger partial charge on any atom is -0.408 e. The van der Waals surface area contributed by atoms with E-state index in [1.54, 1.807) is 0 Å². The van der Waals surface area contributed by atoms with Gasteiger partial charge in [-0.05, 0) is 68.3 Å². The summed E-state index contributed by atoms with van der Waals surface area (Å²) in [6, 6.07) is 10.8. The molecule has 1 saturated heterocycles. The van der Waals surface area contributed by atoms with Gasteiger partial charge < -0.3 is 14.6 Å². The lowest BCUT2D eigenvalue weighted by atomic mass is 9.33. The van der Waals surface area contributed by atoms with E-state index in [1.807, 2.05) is 11.8 Å². The van der Waals surface area contributed by atoms with Crippen LogP contribution in [0.5, 0.6) is 0 Å². The maximum absolute atomic E-state index is 12.8. The molecule has 0 radical (unpaired) electrons. The highest BCUT2D eigenvalue weighted by atomic mass is 16.4. The first-order valence-electron chi connectivity index (χ1n) is 11.0. The van der Waals surface area contributed by atoms with Crippen molar-refractivity contribution in [3.05, 3.63) is 41.8 Å². The summed E-state index contributed by atoms with van der Waals surface area (Å²) in [5, 5.41) is 11.7. The van der Waals surface area contributed by atoms with Crippen LogP contribution in [0.1, 0.15) is 63.3 Å². The van der Waals surface area contributed by atoms with Gasteiger partial charge in [-0.1, -0.05) is 35.4 Å². The average molecular weight is 393 g/mol. The van der Waals surface area contributed by atoms with E-state index in [0.717, 1.165) is 51.1 Å². The molecule has 1 aromatic heterocycles. The monoisotopic (exact) mass is 392 g/mol. The quantitative estimate of drug-likeness (QED) is 0.841. The molecule has 4 saturated carbocycles. The number of piperidine rings is 1. The summed E-state index contributed by atoms with van der Waals surface area (Å²) in [4.78, 5) is 14.8. The fourth-order valence-electron chi connectivity index (χ4n) is 6.01. The lowest BCUT2D eigenvalue weighted by Gasteiger charge is -2.69. The van der Waals surface area contributed by atoms with Gasteiger partial charge in [-0.3, -0.25) is 4.79 Å². The third-order valence-electron chi connectivity index (χ3n) is 8.10. The molecular weight excluding hydrogens is 364 g/mol. The maximum Gasteiger partial charge on any atom is 0.316 e. The molecule has 2 bridgehead atoms. The Bertz CT molecular complexity index is 919. The van der Waals surface area contributed by atoms with Crippen molar-refractivity contribution in [3.8, 4) is 0 Å². The molecule has 7 rings (SSSR count). The summed E-state index contributed by atoms with van der Waals surface area (Å²) < 4.78 is 5.96. The van der Waals surface area contributed by atoms with Crippen LogP contribution in [0.25, 0.3) is 0 Å². The number of aromatic nitrogens is 2. The number of nitrogens with one attached hydrogen (secondary N) is 1. The molecule has 1 amide bonds. The predicted molar refractivity (Wildman–Crippen MR) is 109 cm³/mol. The number of anilines is 1. The number of hydrogen-bond donors (Lipinski definition) is 1. The summed E-state index contributed by atoms with van der Waals surface area (Å²) in [5.74, 6) is 0.861. The third-order valence-corrected chi connectivity index (χ3v) is 8.10. The number of benzene rings is 1. The Morgan fingerprint density at radius 1 is 1.03 bits per heavy atom. The molecule has 2 aromatic rings. The van der Waals surface area contributed by atoms with Crippen LogP contribution in [0, 0.1) is 5.41 Å². The van der Waals surface area contributed by atoms with Crippen molar-refractivity contribution in [1.29, 1.82) is 0 Å². The minimum absolute atomic E-state index is 0.0431. The molecule has 6 nitrogen and oxygen atoms in total. The number of likely N-dealkylation sites (tertiary alicyclic amines) is 1. The molecule has 0 unspecified atom stereocenters. The normalized spacial score (nSPS) is 32.2. The summed E-state index contributed by atoms with van der Waals surface area (Å²) in [6.45, 7) is 3.65. The first-order chi connectivity index (χ1) is 14.0. The lowest BCUT2D eigenvalue weighted by molar-refractivity contribution is -0.133. The van der Waals surface area contributed by atoms with Gasteiger partial charge in [0.2, 0.25) is 11.8 Å². The zero-order chi connectivity index (χ0) is 19.7. The average Bonchev–Trinajstić information content (AvgIpc) is 3.27. The number of amides is 1. The fourth-order valence-corrected chi connectivity index (χ4v) is 6.01. The summed E-state index contributed by atoms with van der Waals surface area (Å²) in [5.41, 5.74) is 2.35. The van der Waals surface area contributed by atoms with Crippen LogP contribution in [-0.4, -0.2) is 40.1 Å². The van der Waals surface area contributed by atoms with Crippen molar-refractivity contribution < 1.29 is 9.21 Å². The molecule has 152 valence electrons. The molecule has 1 atom stereocenters. The Hall–Kier alpha value is -2.37. The van der Waals surface area contributed by atoms with Crippen molar-refractivity contribution in [2.24, 2.45) is 5.41 Å². The van der Waals surface area contributed by atoms with E-state index in [4.69, 9.17) is 4.42 Å². The van der Waals surface area contributed by atoms with Gasteiger partial charge in [-0.2, -0.15) is 0 Å². The molecular formula is C23H28N4O2. The van der Waals surface area contributed by atoms with E-state index in [-0.39, 0.29) is 17.4 Å². The second-order valence-corrected chi connectivity index (χ2v) is 10.1. The van der Waals surface area contributed by atoms with Crippen LogP contribution in [0.3, 0.4) is 0 Å². The Morgan fingerprint density at radius 3 is 2.38 bits per heavy atom. The molecule has 4 aliphatic carbocycles. The molecule has 1 spiro atoms. The van der Waals surface area contributed by atoms with Crippen molar-refractivity contribution >= 4 is 11.9 Å². The Labute approximate surface area is 171 Å². The first-order valence-corrected chi connectivity index (χ1v) is 11.0. The molecule has 1 N–H and O–H groups in total. The van der Waals surface area contributed by atoms with Gasteiger partial charge in [0.1, 0.15) is 6.04 Å². The third kappa shape index (κ3) is 2.64. The highest BCUT2D eigenvalue weighted by Crippen LogP contribution is 2.73. The molecule has 29 heavy (non-hydrogen) atoms. The molecule has 5 fully saturated rings. The second kappa shape index (κ2) is 5.83. The van der Waals surface area contributed by atoms with E-state index in [1.165, 1.54) is 18.4 Å². The second-order valence-electron chi connectivity index (χ2n) is 10.1. The lowest BCUT2D eigenvalue weighted by Crippen LogP contribution is -2.67. The van der Waals surface area contributed by atoms with Gasteiger partial charge in [0.15, 0.2) is 0 Å². The van der Waals surface area contributed by atoms with Crippen molar-refractivity contribution in [3.63, 3.8) is 0 Å². The zero-order valence-electron chi connectivity index (χ0n) is 17.0. The smallest absolute Gasteiger partial charge is 0.316 e. The highest BCUT2D eigenvalue weighted by Gasteiger charge is 2.71. The standard InChI is InChI=1S/C23H28N4O2/c1-16(18(28)27-11-9-21(7-8-21)10-12-27)24-20-26-25-19(29-20)23-13-22(14-23,15-23)17-5-3-2-4-6-17/h2-6,16H,7-15H2,1H3,(H,24,26)/t16-,22?,23?/m0/s1. The predicted octanol–water partition coefficient (Wildman–Crippen LogP) is 3.65.